The highest BCUT2D eigenvalue weighted by atomic mass is 19.1. The summed E-state index contributed by atoms with van der Waals surface area (Å²) in [7, 11) is 1.55. The number of hydrogen-bond donors (Lipinski definition) is 1. The number of nitrogens with zero attached hydrogens (tertiary/aromatic N) is 1. The summed E-state index contributed by atoms with van der Waals surface area (Å²) < 4.78 is 13.2. The predicted molar refractivity (Wildman–Crippen MR) is 95.1 cm³/mol. The van der Waals surface area contributed by atoms with Crippen LogP contribution in [0.15, 0.2) is 54.6 Å². The van der Waals surface area contributed by atoms with Crippen LogP contribution in [-0.2, 0) is 16.1 Å². The lowest BCUT2D eigenvalue weighted by molar-refractivity contribution is -0.141. The van der Waals surface area contributed by atoms with Gasteiger partial charge in [0.2, 0.25) is 11.8 Å². The van der Waals surface area contributed by atoms with Crippen LogP contribution in [0.4, 0.5) is 4.39 Å². The van der Waals surface area contributed by atoms with E-state index in [2.05, 4.69) is 5.32 Å². The first kappa shape index (κ1) is 18.6. The van der Waals surface area contributed by atoms with Gasteiger partial charge in [-0.25, -0.2) is 4.39 Å². The maximum atomic E-state index is 13.2. The fraction of sp³-hybridized carbons (Fsp3) is 0.300. The molecular weight excluding hydrogens is 319 g/mol. The Morgan fingerprint density at radius 1 is 1.08 bits per heavy atom. The molecule has 0 unspecified atom stereocenters. The normalized spacial score (nSPS) is 11.6. The van der Waals surface area contributed by atoms with Crippen LogP contribution in [0.3, 0.4) is 0 Å². The van der Waals surface area contributed by atoms with Crippen LogP contribution in [-0.4, -0.2) is 23.8 Å². The number of amides is 2. The first-order valence-corrected chi connectivity index (χ1v) is 8.37. The predicted octanol–water partition coefficient (Wildman–Crippen LogP) is 3.44. The van der Waals surface area contributed by atoms with Crippen LogP contribution < -0.4 is 5.32 Å². The van der Waals surface area contributed by atoms with Crippen molar-refractivity contribution < 1.29 is 14.0 Å². The van der Waals surface area contributed by atoms with Gasteiger partial charge in [0.15, 0.2) is 0 Å². The van der Waals surface area contributed by atoms with Crippen LogP contribution in [0.1, 0.15) is 36.9 Å². The van der Waals surface area contributed by atoms with Crippen LogP contribution in [0.2, 0.25) is 0 Å². The van der Waals surface area contributed by atoms with Gasteiger partial charge < -0.3 is 10.2 Å². The summed E-state index contributed by atoms with van der Waals surface area (Å²) in [5, 5.41) is 2.64. The van der Waals surface area contributed by atoms with Crippen LogP contribution >= 0.6 is 0 Å². The number of carbonyl (C=O) groups is 2. The van der Waals surface area contributed by atoms with E-state index in [0.717, 1.165) is 11.1 Å². The molecule has 2 rings (SSSR count). The number of carbonyl (C=O) groups excluding carboxylic acids is 2. The molecule has 0 aliphatic carbocycles. The Hall–Kier alpha value is -2.69. The van der Waals surface area contributed by atoms with E-state index in [-0.39, 0.29) is 24.2 Å². The van der Waals surface area contributed by atoms with Gasteiger partial charge in [-0.3, -0.25) is 9.59 Å². The highest BCUT2D eigenvalue weighted by Gasteiger charge is 2.30. The zero-order chi connectivity index (χ0) is 18.2. The molecule has 4 nitrogen and oxygen atoms in total. The Labute approximate surface area is 147 Å². The van der Waals surface area contributed by atoms with Crippen molar-refractivity contribution in [2.24, 2.45) is 0 Å². The summed E-state index contributed by atoms with van der Waals surface area (Å²) in [5.41, 5.74) is 1.52. The zero-order valence-corrected chi connectivity index (χ0v) is 14.5. The molecule has 25 heavy (non-hydrogen) atoms. The van der Waals surface area contributed by atoms with E-state index in [1.165, 1.54) is 12.1 Å². The van der Waals surface area contributed by atoms with Crippen molar-refractivity contribution in [3.63, 3.8) is 0 Å². The van der Waals surface area contributed by atoms with Gasteiger partial charge in [-0.05, 0) is 29.7 Å². The molecule has 2 amide bonds. The molecule has 0 fully saturated rings. The minimum atomic E-state index is -0.727. The second-order valence-electron chi connectivity index (χ2n) is 5.83. The van der Waals surface area contributed by atoms with Crippen molar-refractivity contribution in [2.45, 2.75) is 32.4 Å². The van der Waals surface area contributed by atoms with Gasteiger partial charge in [0.05, 0.1) is 0 Å². The first-order valence-electron chi connectivity index (χ1n) is 8.37. The van der Waals surface area contributed by atoms with E-state index in [0.29, 0.717) is 12.8 Å². The Bertz CT molecular complexity index is 701. The average molecular weight is 342 g/mol. The largest absolute Gasteiger partial charge is 0.357 e. The van der Waals surface area contributed by atoms with Crippen molar-refractivity contribution in [3.8, 4) is 0 Å². The quantitative estimate of drug-likeness (QED) is 0.838. The van der Waals surface area contributed by atoms with Gasteiger partial charge >= 0.3 is 0 Å². The maximum Gasteiger partial charge on any atom is 0.247 e. The van der Waals surface area contributed by atoms with E-state index >= 15 is 0 Å². The Kier molecular flexibility index (Phi) is 6.69. The van der Waals surface area contributed by atoms with E-state index in [1.807, 2.05) is 37.3 Å². The third kappa shape index (κ3) is 4.89. The standard InChI is InChI=1S/C20H23FN2O2/c1-3-7-18(24)23(14-15-10-12-17(21)13-11-15)19(20(25)22-2)16-8-5-4-6-9-16/h4-6,8-13,19H,3,7,14H2,1-2H3,(H,22,25)/t19-/m1/s1. The lowest BCUT2D eigenvalue weighted by atomic mass is 10.0. The number of rotatable bonds is 7. The van der Waals surface area contributed by atoms with E-state index < -0.39 is 6.04 Å². The Balaban J connectivity index is 2.40. The maximum absolute atomic E-state index is 13.2. The van der Waals surface area contributed by atoms with Gasteiger partial charge in [-0.2, -0.15) is 0 Å². The third-order valence-electron chi connectivity index (χ3n) is 3.97. The van der Waals surface area contributed by atoms with Gasteiger partial charge in [0.25, 0.3) is 0 Å². The van der Waals surface area contributed by atoms with Gasteiger partial charge in [0, 0.05) is 20.0 Å². The SMILES string of the molecule is CCCC(=O)N(Cc1ccc(F)cc1)[C@@H](C(=O)NC)c1ccccc1. The molecule has 0 bridgehead atoms. The fourth-order valence-corrected chi connectivity index (χ4v) is 2.71. The minimum absolute atomic E-state index is 0.107. The topological polar surface area (TPSA) is 49.4 Å². The van der Waals surface area contributed by atoms with Crippen molar-refractivity contribution in [1.29, 1.82) is 0 Å². The van der Waals surface area contributed by atoms with Gasteiger partial charge in [0.1, 0.15) is 11.9 Å². The van der Waals surface area contributed by atoms with E-state index in [4.69, 9.17) is 0 Å². The zero-order valence-electron chi connectivity index (χ0n) is 14.5. The van der Waals surface area contributed by atoms with Crippen molar-refractivity contribution in [2.75, 3.05) is 7.05 Å². The highest BCUT2D eigenvalue weighted by molar-refractivity contribution is 5.88. The molecule has 0 heterocycles. The lowest BCUT2D eigenvalue weighted by Gasteiger charge is -2.31. The van der Waals surface area contributed by atoms with Crippen LogP contribution in [0.5, 0.6) is 0 Å². The molecular formula is C20H23FN2O2. The van der Waals surface area contributed by atoms with E-state index in [9.17, 15) is 14.0 Å². The van der Waals surface area contributed by atoms with Crippen LogP contribution in [0, 0.1) is 5.82 Å². The fourth-order valence-electron chi connectivity index (χ4n) is 2.71. The summed E-state index contributed by atoms with van der Waals surface area (Å²) in [4.78, 5) is 26.8. The Morgan fingerprint density at radius 3 is 2.28 bits per heavy atom. The molecule has 2 aromatic rings. The molecule has 1 N–H and O–H groups in total. The average Bonchev–Trinajstić information content (AvgIpc) is 2.63. The molecule has 2 aromatic carbocycles. The lowest BCUT2D eigenvalue weighted by Crippen LogP contribution is -2.42. The third-order valence-corrected chi connectivity index (χ3v) is 3.97. The number of halogens is 1. The first-order chi connectivity index (χ1) is 12.1. The second kappa shape index (κ2) is 8.97. The second-order valence-corrected chi connectivity index (χ2v) is 5.83. The minimum Gasteiger partial charge on any atom is -0.357 e. The number of hydrogen-bond acceptors (Lipinski definition) is 2. The van der Waals surface area contributed by atoms with Gasteiger partial charge in [-0.15, -0.1) is 0 Å². The van der Waals surface area contributed by atoms with Crippen molar-refractivity contribution in [1.82, 2.24) is 10.2 Å². The number of benzene rings is 2. The summed E-state index contributed by atoms with van der Waals surface area (Å²) in [6.07, 6.45) is 1.04. The number of nitrogens with one attached hydrogen (secondary N) is 1. The summed E-state index contributed by atoms with van der Waals surface area (Å²) in [6, 6.07) is 14.5. The monoisotopic (exact) mass is 342 g/mol. The number of likely N-dealkylation sites (N-methyl/N-ethyl adjacent to an activating group) is 1. The van der Waals surface area contributed by atoms with Crippen LogP contribution in [0.25, 0.3) is 0 Å². The Morgan fingerprint density at radius 2 is 1.72 bits per heavy atom. The van der Waals surface area contributed by atoms with E-state index in [1.54, 1.807) is 24.1 Å². The highest BCUT2D eigenvalue weighted by Crippen LogP contribution is 2.24. The summed E-state index contributed by atoms with van der Waals surface area (Å²) in [6.45, 7) is 2.16. The molecule has 0 saturated carbocycles. The molecule has 0 saturated heterocycles. The van der Waals surface area contributed by atoms with Crippen molar-refractivity contribution >= 4 is 11.8 Å². The smallest absolute Gasteiger partial charge is 0.247 e. The molecule has 5 heteroatoms. The summed E-state index contributed by atoms with van der Waals surface area (Å²) >= 11 is 0. The van der Waals surface area contributed by atoms with Gasteiger partial charge in [-0.1, -0.05) is 49.4 Å². The van der Waals surface area contributed by atoms with Crippen molar-refractivity contribution in [3.05, 3.63) is 71.5 Å². The molecule has 0 spiro atoms. The molecule has 132 valence electrons. The molecule has 0 aliphatic heterocycles. The molecule has 0 aromatic heterocycles. The molecule has 0 radical (unpaired) electrons. The molecule has 1 atom stereocenters. The molecule has 0 aliphatic rings. The summed E-state index contributed by atoms with van der Waals surface area (Å²) in [5.74, 6) is -0.692.